The maximum Gasteiger partial charge on any atom is 0.516 e. The van der Waals surface area contributed by atoms with Crippen molar-refractivity contribution >= 4 is 23.1 Å². The molecule has 4 rings (SSSR count). The minimum Gasteiger partial charge on any atom is -0.461 e. The number of carbonyl (C=O) groups is 1. The van der Waals surface area contributed by atoms with E-state index in [1.54, 1.807) is 25.5 Å². The summed E-state index contributed by atoms with van der Waals surface area (Å²) >= 11 is 0. The third kappa shape index (κ3) is 7.06. The van der Waals surface area contributed by atoms with E-state index >= 15 is 0 Å². The van der Waals surface area contributed by atoms with Gasteiger partial charge in [0.2, 0.25) is 0 Å². The van der Waals surface area contributed by atoms with Crippen LogP contribution in [-0.4, -0.2) is 95.1 Å². The van der Waals surface area contributed by atoms with Crippen LogP contribution in [0.1, 0.15) is 25.0 Å². The molecule has 0 spiro atoms. The van der Waals surface area contributed by atoms with Crippen molar-refractivity contribution in [2.45, 2.75) is 33.0 Å². The number of likely N-dealkylation sites (N-methyl/N-ethyl adjacent to an activating group) is 1. The Morgan fingerprint density at radius 3 is 2.49 bits per heavy atom. The van der Waals surface area contributed by atoms with E-state index in [4.69, 9.17) is 24.7 Å². The lowest BCUT2D eigenvalue weighted by Gasteiger charge is -2.32. The molecule has 0 radical (unpaired) electrons. The van der Waals surface area contributed by atoms with Crippen LogP contribution in [0.25, 0.3) is 11.2 Å². The molecule has 200 valence electrons. The van der Waals surface area contributed by atoms with E-state index in [1.807, 2.05) is 12.1 Å². The zero-order valence-corrected chi connectivity index (χ0v) is 21.8. The molecule has 3 aromatic rings. The van der Waals surface area contributed by atoms with Gasteiger partial charge in [0, 0.05) is 39.8 Å². The molecule has 12 nitrogen and oxygen atoms in total. The first kappa shape index (κ1) is 26.6. The second kappa shape index (κ2) is 12.2. The number of anilines is 1. The molecule has 2 N–H and O–H groups in total. The summed E-state index contributed by atoms with van der Waals surface area (Å²) in [5.74, 6) is 0.113. The van der Waals surface area contributed by atoms with Crippen molar-refractivity contribution in [3.63, 3.8) is 0 Å². The largest absolute Gasteiger partial charge is 0.516 e. The van der Waals surface area contributed by atoms with Gasteiger partial charge in [-0.2, -0.15) is 15.0 Å². The second-order valence-corrected chi connectivity index (χ2v) is 9.30. The highest BCUT2D eigenvalue weighted by atomic mass is 16.7. The molecular formula is C25H35N7O5. The first-order valence-electron chi connectivity index (χ1n) is 12.3. The molecule has 0 saturated carbocycles. The van der Waals surface area contributed by atoms with E-state index in [0.717, 1.165) is 38.3 Å². The highest BCUT2D eigenvalue weighted by molar-refractivity contribution is 5.83. The SMILES string of the molecule is COCCOc1nc(N)c2nc(OC(=O)OC(C)C)n(Cc3cccc(CN4CCN(C)CC4)c3)c2n1. The van der Waals surface area contributed by atoms with Gasteiger partial charge >= 0.3 is 18.2 Å². The van der Waals surface area contributed by atoms with E-state index in [0.29, 0.717) is 24.3 Å². The number of carbonyl (C=O) groups excluding carboxylic acids is 1. The van der Waals surface area contributed by atoms with Gasteiger partial charge in [-0.3, -0.25) is 9.47 Å². The number of rotatable bonds is 10. The minimum absolute atomic E-state index is 0.0140. The standard InChI is InChI=1S/C25H35N7O5/c1-17(2)36-25(33)37-24-27-20-21(26)28-23(35-13-12-34-4)29-22(20)32(24)16-19-7-5-6-18(14-19)15-31-10-8-30(3)9-11-31/h5-7,14,17H,8-13,15-16H2,1-4H3,(H2,26,28,29). The molecule has 1 aliphatic heterocycles. The Morgan fingerprint density at radius 1 is 1.05 bits per heavy atom. The molecule has 1 saturated heterocycles. The highest BCUT2D eigenvalue weighted by Crippen LogP contribution is 2.27. The zero-order valence-electron chi connectivity index (χ0n) is 21.8. The molecule has 1 aromatic carbocycles. The van der Waals surface area contributed by atoms with Crippen molar-refractivity contribution in [2.75, 3.05) is 59.3 Å². The zero-order chi connectivity index (χ0) is 26.4. The number of piperazine rings is 1. The molecule has 0 amide bonds. The predicted octanol–water partition coefficient (Wildman–Crippen LogP) is 2.15. The number of nitrogens with zero attached hydrogens (tertiary/aromatic N) is 6. The molecule has 3 heterocycles. The van der Waals surface area contributed by atoms with Crippen LogP contribution in [0.3, 0.4) is 0 Å². The Bertz CT molecular complexity index is 1210. The first-order chi connectivity index (χ1) is 17.8. The van der Waals surface area contributed by atoms with Gasteiger partial charge in [-0.15, -0.1) is 0 Å². The van der Waals surface area contributed by atoms with Crippen molar-refractivity contribution in [1.82, 2.24) is 29.3 Å². The molecule has 2 aromatic heterocycles. The van der Waals surface area contributed by atoms with Gasteiger partial charge < -0.3 is 29.6 Å². The fourth-order valence-corrected chi connectivity index (χ4v) is 4.05. The van der Waals surface area contributed by atoms with Gasteiger partial charge in [-0.05, 0) is 32.0 Å². The summed E-state index contributed by atoms with van der Waals surface area (Å²) in [6.45, 7) is 9.49. The van der Waals surface area contributed by atoms with Gasteiger partial charge in [-0.1, -0.05) is 24.3 Å². The van der Waals surface area contributed by atoms with Crippen LogP contribution in [0.5, 0.6) is 12.0 Å². The maximum absolute atomic E-state index is 12.3. The Morgan fingerprint density at radius 2 is 1.78 bits per heavy atom. The normalized spacial score (nSPS) is 14.8. The van der Waals surface area contributed by atoms with Crippen LogP contribution < -0.4 is 15.2 Å². The number of ether oxygens (including phenoxy) is 4. The molecular weight excluding hydrogens is 478 g/mol. The second-order valence-electron chi connectivity index (χ2n) is 9.30. The number of hydrogen-bond acceptors (Lipinski definition) is 11. The highest BCUT2D eigenvalue weighted by Gasteiger charge is 2.22. The Hall–Kier alpha value is -3.48. The van der Waals surface area contributed by atoms with Gasteiger partial charge in [0.1, 0.15) is 6.61 Å². The first-order valence-corrected chi connectivity index (χ1v) is 12.3. The summed E-state index contributed by atoms with van der Waals surface area (Å²) in [6, 6.07) is 8.39. The summed E-state index contributed by atoms with van der Waals surface area (Å²) < 4.78 is 22.9. The lowest BCUT2D eigenvalue weighted by atomic mass is 10.1. The van der Waals surface area contributed by atoms with Crippen LogP contribution in [0.15, 0.2) is 24.3 Å². The molecule has 1 fully saturated rings. The van der Waals surface area contributed by atoms with E-state index in [1.165, 1.54) is 5.56 Å². The van der Waals surface area contributed by atoms with Crippen molar-refractivity contribution < 1.29 is 23.7 Å². The number of nitrogen functional groups attached to an aromatic ring is 1. The molecule has 0 unspecified atom stereocenters. The van der Waals surface area contributed by atoms with Crippen molar-refractivity contribution in [3.8, 4) is 12.0 Å². The number of imidazole rings is 1. The van der Waals surface area contributed by atoms with Gasteiger partial charge in [0.15, 0.2) is 17.0 Å². The van der Waals surface area contributed by atoms with E-state index < -0.39 is 6.16 Å². The summed E-state index contributed by atoms with van der Waals surface area (Å²) in [5.41, 5.74) is 9.05. The fraction of sp³-hybridized carbons (Fsp3) is 0.520. The molecule has 0 bridgehead atoms. The lowest BCUT2D eigenvalue weighted by molar-refractivity contribution is 0.0691. The van der Waals surface area contributed by atoms with Crippen molar-refractivity contribution in [3.05, 3.63) is 35.4 Å². The summed E-state index contributed by atoms with van der Waals surface area (Å²) in [6.07, 6.45) is -1.21. The number of hydrogen-bond donors (Lipinski definition) is 1. The molecule has 0 atom stereocenters. The Labute approximate surface area is 216 Å². The number of benzene rings is 1. The van der Waals surface area contributed by atoms with Crippen LogP contribution >= 0.6 is 0 Å². The van der Waals surface area contributed by atoms with Gasteiger partial charge in [0.25, 0.3) is 0 Å². The average Bonchev–Trinajstić information content (AvgIpc) is 3.18. The van der Waals surface area contributed by atoms with Crippen molar-refractivity contribution in [2.24, 2.45) is 0 Å². The minimum atomic E-state index is -0.863. The van der Waals surface area contributed by atoms with E-state index in [2.05, 4.69) is 43.9 Å². The number of fused-ring (bicyclic) bond motifs is 1. The van der Waals surface area contributed by atoms with Gasteiger partial charge in [0.05, 0.1) is 19.3 Å². The monoisotopic (exact) mass is 513 g/mol. The molecule has 12 heteroatoms. The van der Waals surface area contributed by atoms with Crippen LogP contribution in [-0.2, 0) is 22.6 Å². The average molecular weight is 514 g/mol. The summed E-state index contributed by atoms with van der Waals surface area (Å²) in [4.78, 5) is 30.2. The molecule has 37 heavy (non-hydrogen) atoms. The van der Waals surface area contributed by atoms with Crippen LogP contribution in [0.4, 0.5) is 10.6 Å². The Kier molecular flexibility index (Phi) is 8.74. The van der Waals surface area contributed by atoms with Crippen LogP contribution in [0, 0.1) is 0 Å². The lowest BCUT2D eigenvalue weighted by Crippen LogP contribution is -2.43. The number of nitrogens with two attached hydrogens (primary N) is 1. The Balaban J connectivity index is 1.63. The number of methoxy groups -OCH3 is 1. The van der Waals surface area contributed by atoms with Crippen LogP contribution in [0.2, 0.25) is 0 Å². The van der Waals surface area contributed by atoms with E-state index in [9.17, 15) is 4.79 Å². The number of aromatic nitrogens is 4. The smallest absolute Gasteiger partial charge is 0.461 e. The maximum atomic E-state index is 12.3. The van der Waals surface area contributed by atoms with Crippen molar-refractivity contribution in [1.29, 1.82) is 0 Å². The van der Waals surface area contributed by atoms with Gasteiger partial charge in [-0.25, -0.2) is 4.79 Å². The van der Waals surface area contributed by atoms with E-state index in [-0.39, 0.29) is 30.5 Å². The molecule has 0 aliphatic carbocycles. The quantitative estimate of drug-likeness (QED) is 0.316. The summed E-state index contributed by atoms with van der Waals surface area (Å²) in [7, 11) is 3.73. The third-order valence-electron chi connectivity index (χ3n) is 5.93. The third-order valence-corrected chi connectivity index (χ3v) is 5.93. The predicted molar refractivity (Wildman–Crippen MR) is 138 cm³/mol. The fourth-order valence-electron chi connectivity index (χ4n) is 4.05. The topological polar surface area (TPSA) is 130 Å². The summed E-state index contributed by atoms with van der Waals surface area (Å²) in [5, 5.41) is 0. The molecule has 1 aliphatic rings.